The number of amides is 1. The van der Waals surface area contributed by atoms with Crippen molar-refractivity contribution in [3.05, 3.63) is 54.1 Å². The fraction of sp³-hybridized carbons (Fsp3) is 0.435. The predicted octanol–water partition coefficient (Wildman–Crippen LogP) is 2.82. The Bertz CT molecular complexity index is 822. The summed E-state index contributed by atoms with van der Waals surface area (Å²) in [7, 11) is 2.18. The predicted molar refractivity (Wildman–Crippen MR) is 111 cm³/mol. The van der Waals surface area contributed by atoms with Crippen molar-refractivity contribution in [2.24, 2.45) is 5.41 Å². The van der Waals surface area contributed by atoms with Crippen molar-refractivity contribution in [3.8, 4) is 16.9 Å². The molecule has 28 heavy (non-hydrogen) atoms. The van der Waals surface area contributed by atoms with Gasteiger partial charge in [-0.3, -0.25) is 4.79 Å². The number of hydrogen-bond donors (Lipinski definition) is 2. The van der Waals surface area contributed by atoms with Crippen LogP contribution in [-0.2, 0) is 0 Å². The molecular weight excluding hydrogens is 350 g/mol. The van der Waals surface area contributed by atoms with Crippen LogP contribution in [0.5, 0.6) is 5.75 Å². The molecule has 148 valence electrons. The van der Waals surface area contributed by atoms with Crippen molar-refractivity contribution in [1.29, 1.82) is 0 Å². The van der Waals surface area contributed by atoms with Crippen molar-refractivity contribution < 1.29 is 9.90 Å². The van der Waals surface area contributed by atoms with E-state index in [4.69, 9.17) is 0 Å². The maximum absolute atomic E-state index is 12.6. The number of hydrogen-bond acceptors (Lipinski definition) is 4. The van der Waals surface area contributed by atoms with Gasteiger partial charge in [0.15, 0.2) is 0 Å². The van der Waals surface area contributed by atoms with E-state index in [2.05, 4.69) is 22.2 Å². The van der Waals surface area contributed by atoms with Crippen LogP contribution in [-0.4, -0.2) is 67.1 Å². The molecule has 2 aliphatic rings. The third-order valence-corrected chi connectivity index (χ3v) is 6.10. The van der Waals surface area contributed by atoms with E-state index in [1.165, 1.54) is 12.8 Å². The van der Waals surface area contributed by atoms with Gasteiger partial charge in [0.25, 0.3) is 5.91 Å². The van der Waals surface area contributed by atoms with Gasteiger partial charge in [0.1, 0.15) is 5.75 Å². The molecule has 0 atom stereocenters. The molecule has 1 aliphatic carbocycles. The molecule has 0 radical (unpaired) electrons. The van der Waals surface area contributed by atoms with Crippen LogP contribution in [0.3, 0.4) is 0 Å². The lowest BCUT2D eigenvalue weighted by atomic mass is 10.0. The first-order valence-electron chi connectivity index (χ1n) is 10.1. The summed E-state index contributed by atoms with van der Waals surface area (Å²) in [6.45, 7) is 6.35. The number of likely N-dealkylation sites (N-methyl/N-ethyl adjacent to an activating group) is 1. The number of piperazine rings is 1. The van der Waals surface area contributed by atoms with Crippen LogP contribution in [0.1, 0.15) is 23.2 Å². The van der Waals surface area contributed by atoms with Gasteiger partial charge in [-0.05, 0) is 43.7 Å². The van der Waals surface area contributed by atoms with Gasteiger partial charge in [-0.2, -0.15) is 0 Å². The summed E-state index contributed by atoms with van der Waals surface area (Å²) in [5, 5.41) is 13.1. The molecule has 0 unspecified atom stereocenters. The van der Waals surface area contributed by atoms with Crippen LogP contribution in [0.15, 0.2) is 48.5 Å². The average molecular weight is 380 g/mol. The van der Waals surface area contributed by atoms with Gasteiger partial charge >= 0.3 is 0 Å². The molecule has 0 spiro atoms. The fourth-order valence-electron chi connectivity index (χ4n) is 3.94. The zero-order valence-corrected chi connectivity index (χ0v) is 16.5. The van der Waals surface area contributed by atoms with Crippen LogP contribution in [0.25, 0.3) is 11.1 Å². The Hall–Kier alpha value is -2.37. The molecule has 1 saturated heterocycles. The molecule has 0 aromatic heterocycles. The van der Waals surface area contributed by atoms with E-state index in [1.54, 1.807) is 12.1 Å². The molecule has 5 nitrogen and oxygen atoms in total. The summed E-state index contributed by atoms with van der Waals surface area (Å²) in [6.07, 6.45) is 2.40. The van der Waals surface area contributed by atoms with E-state index in [9.17, 15) is 9.90 Å². The molecule has 2 N–H and O–H groups in total. The average Bonchev–Trinajstić information content (AvgIpc) is 3.48. The van der Waals surface area contributed by atoms with Crippen molar-refractivity contribution in [2.75, 3.05) is 46.3 Å². The zero-order chi connectivity index (χ0) is 19.6. The van der Waals surface area contributed by atoms with E-state index in [0.29, 0.717) is 5.56 Å². The molecule has 1 saturated carbocycles. The Morgan fingerprint density at radius 1 is 1.04 bits per heavy atom. The molecule has 4 rings (SSSR count). The number of phenols is 1. The normalized spacial score (nSPS) is 19.3. The summed E-state index contributed by atoms with van der Waals surface area (Å²) in [4.78, 5) is 17.5. The van der Waals surface area contributed by atoms with Crippen molar-refractivity contribution in [1.82, 2.24) is 15.1 Å². The van der Waals surface area contributed by atoms with Crippen LogP contribution in [0.2, 0.25) is 0 Å². The molecular formula is C23H29N3O2. The number of phenolic OH excluding ortho intramolecular Hbond substituents is 1. The highest BCUT2D eigenvalue weighted by atomic mass is 16.3. The topological polar surface area (TPSA) is 55.8 Å². The van der Waals surface area contributed by atoms with Crippen LogP contribution >= 0.6 is 0 Å². The van der Waals surface area contributed by atoms with E-state index in [1.807, 2.05) is 36.4 Å². The fourth-order valence-corrected chi connectivity index (χ4v) is 3.94. The van der Waals surface area contributed by atoms with Crippen LogP contribution < -0.4 is 5.32 Å². The van der Waals surface area contributed by atoms with Gasteiger partial charge in [-0.1, -0.05) is 30.3 Å². The quantitative estimate of drug-likeness (QED) is 0.810. The summed E-state index contributed by atoms with van der Waals surface area (Å²) < 4.78 is 0. The van der Waals surface area contributed by atoms with E-state index in [0.717, 1.165) is 50.4 Å². The third-order valence-electron chi connectivity index (χ3n) is 6.10. The number of nitrogens with zero attached hydrogens (tertiary/aromatic N) is 2. The molecule has 2 fully saturated rings. The summed E-state index contributed by atoms with van der Waals surface area (Å²) >= 11 is 0. The van der Waals surface area contributed by atoms with Gasteiger partial charge in [-0.15, -0.1) is 0 Å². The second kappa shape index (κ2) is 7.94. The number of para-hydroxylation sites is 1. The Morgan fingerprint density at radius 3 is 2.36 bits per heavy atom. The first kappa shape index (κ1) is 19.0. The first-order chi connectivity index (χ1) is 13.5. The number of rotatable bonds is 6. The molecule has 2 aromatic carbocycles. The monoisotopic (exact) mass is 379 g/mol. The molecule has 5 heteroatoms. The largest absolute Gasteiger partial charge is 0.507 e. The lowest BCUT2D eigenvalue weighted by molar-refractivity contribution is 0.0927. The highest BCUT2D eigenvalue weighted by molar-refractivity contribution is 5.94. The minimum Gasteiger partial charge on any atom is -0.507 e. The number of nitrogens with one attached hydrogen (secondary N) is 1. The van der Waals surface area contributed by atoms with E-state index in [-0.39, 0.29) is 17.1 Å². The standard InChI is InChI=1S/C23H29N3O2/c1-25-12-14-26(15-13-25)17-23(10-11-23)16-24-22(28)19-8-6-18(7-9-19)20-4-2-3-5-21(20)27/h2-9,27H,10-17H2,1H3,(H,24,28). The molecule has 1 aliphatic heterocycles. The Morgan fingerprint density at radius 2 is 1.71 bits per heavy atom. The van der Waals surface area contributed by atoms with Crippen LogP contribution in [0, 0.1) is 5.41 Å². The zero-order valence-electron chi connectivity index (χ0n) is 16.5. The second-order valence-electron chi connectivity index (χ2n) is 8.36. The minimum absolute atomic E-state index is 0.0199. The number of benzene rings is 2. The van der Waals surface area contributed by atoms with Gasteiger partial charge in [0.05, 0.1) is 0 Å². The van der Waals surface area contributed by atoms with Gasteiger partial charge in [0.2, 0.25) is 0 Å². The maximum Gasteiger partial charge on any atom is 0.251 e. The Kier molecular flexibility index (Phi) is 5.38. The molecule has 2 aromatic rings. The van der Waals surface area contributed by atoms with Crippen LogP contribution in [0.4, 0.5) is 0 Å². The summed E-state index contributed by atoms with van der Waals surface area (Å²) in [5.41, 5.74) is 2.61. The lowest BCUT2D eigenvalue weighted by Crippen LogP contribution is -2.47. The smallest absolute Gasteiger partial charge is 0.251 e. The SMILES string of the molecule is CN1CCN(CC2(CNC(=O)c3ccc(-c4ccccc4O)cc3)CC2)CC1. The lowest BCUT2D eigenvalue weighted by Gasteiger charge is -2.34. The number of carbonyl (C=O) groups is 1. The third kappa shape index (κ3) is 4.37. The van der Waals surface area contributed by atoms with Crippen molar-refractivity contribution in [2.45, 2.75) is 12.8 Å². The summed E-state index contributed by atoms with van der Waals surface area (Å²) in [6, 6.07) is 14.7. The molecule has 0 bridgehead atoms. The Labute approximate surface area is 167 Å². The second-order valence-corrected chi connectivity index (χ2v) is 8.36. The highest BCUT2D eigenvalue weighted by Crippen LogP contribution is 2.45. The molecule has 1 amide bonds. The number of aromatic hydroxyl groups is 1. The van der Waals surface area contributed by atoms with Gasteiger partial charge in [0, 0.05) is 55.8 Å². The van der Waals surface area contributed by atoms with Crippen molar-refractivity contribution in [3.63, 3.8) is 0 Å². The molecule has 1 heterocycles. The number of carbonyl (C=O) groups excluding carboxylic acids is 1. The summed E-state index contributed by atoms with van der Waals surface area (Å²) in [5.74, 6) is 0.229. The maximum atomic E-state index is 12.6. The van der Waals surface area contributed by atoms with Gasteiger partial charge < -0.3 is 20.2 Å². The highest BCUT2D eigenvalue weighted by Gasteiger charge is 2.44. The van der Waals surface area contributed by atoms with Crippen molar-refractivity contribution >= 4 is 5.91 Å². The van der Waals surface area contributed by atoms with E-state index >= 15 is 0 Å². The van der Waals surface area contributed by atoms with E-state index < -0.39 is 0 Å². The first-order valence-corrected chi connectivity index (χ1v) is 10.1. The van der Waals surface area contributed by atoms with Gasteiger partial charge in [-0.25, -0.2) is 0 Å². The minimum atomic E-state index is -0.0199. The Balaban J connectivity index is 1.32.